The summed E-state index contributed by atoms with van der Waals surface area (Å²) >= 11 is 1.87. The highest BCUT2D eigenvalue weighted by atomic mass is 32.2. The van der Waals surface area contributed by atoms with E-state index in [9.17, 15) is 0 Å². The molecule has 1 saturated carbocycles. The summed E-state index contributed by atoms with van der Waals surface area (Å²) in [7, 11) is 0. The van der Waals surface area contributed by atoms with Crippen molar-refractivity contribution in [2.24, 2.45) is 10.4 Å². The van der Waals surface area contributed by atoms with Gasteiger partial charge in [0.1, 0.15) is 0 Å². The summed E-state index contributed by atoms with van der Waals surface area (Å²) < 4.78 is 0. The van der Waals surface area contributed by atoms with Crippen LogP contribution in [0, 0.1) is 5.41 Å². The first-order valence-electron chi connectivity index (χ1n) is 7.63. The summed E-state index contributed by atoms with van der Waals surface area (Å²) in [6.45, 7) is 0.987. The van der Waals surface area contributed by atoms with Crippen LogP contribution >= 0.6 is 11.8 Å². The Bertz CT molecular complexity index is 684. The second kappa shape index (κ2) is 5.34. The molecule has 2 heterocycles. The lowest BCUT2D eigenvalue weighted by Crippen LogP contribution is -2.30. The number of benzene rings is 1. The van der Waals surface area contributed by atoms with Gasteiger partial charge in [0.2, 0.25) is 0 Å². The first-order valence-corrected chi connectivity index (χ1v) is 8.61. The molecule has 1 aliphatic heterocycles. The minimum absolute atomic E-state index is 0.493. The summed E-state index contributed by atoms with van der Waals surface area (Å²) in [5.74, 6) is 1.21. The number of amidine groups is 1. The van der Waals surface area contributed by atoms with Gasteiger partial charge in [-0.3, -0.25) is 9.98 Å². The van der Waals surface area contributed by atoms with E-state index in [1.165, 1.54) is 31.4 Å². The van der Waals surface area contributed by atoms with Gasteiger partial charge in [0.25, 0.3) is 0 Å². The van der Waals surface area contributed by atoms with Crippen molar-refractivity contribution >= 4 is 33.5 Å². The van der Waals surface area contributed by atoms with E-state index in [1.54, 1.807) is 0 Å². The molecule has 0 radical (unpaired) electrons. The van der Waals surface area contributed by atoms with Crippen LogP contribution in [0.25, 0.3) is 10.9 Å². The number of hydrogen-bond acceptors (Lipinski definition) is 4. The molecule has 2 aromatic rings. The van der Waals surface area contributed by atoms with Gasteiger partial charge in [-0.2, -0.15) is 0 Å². The van der Waals surface area contributed by atoms with E-state index in [-0.39, 0.29) is 0 Å². The van der Waals surface area contributed by atoms with Crippen LogP contribution < -0.4 is 5.32 Å². The van der Waals surface area contributed by atoms with Crippen LogP contribution in [-0.2, 0) is 0 Å². The predicted molar refractivity (Wildman–Crippen MR) is 91.0 cm³/mol. The summed E-state index contributed by atoms with van der Waals surface area (Å²) in [6, 6.07) is 10.3. The molecule has 4 heteroatoms. The lowest BCUT2D eigenvalue weighted by Gasteiger charge is -2.31. The zero-order valence-electron chi connectivity index (χ0n) is 12.0. The van der Waals surface area contributed by atoms with E-state index >= 15 is 0 Å². The van der Waals surface area contributed by atoms with E-state index in [0.717, 1.165) is 28.3 Å². The van der Waals surface area contributed by atoms with E-state index in [1.807, 2.05) is 24.0 Å². The zero-order valence-corrected chi connectivity index (χ0v) is 12.8. The summed E-state index contributed by atoms with van der Waals surface area (Å²) in [6.07, 6.45) is 7.31. The minimum atomic E-state index is 0.493. The fourth-order valence-corrected chi connectivity index (χ4v) is 4.54. The highest BCUT2D eigenvalue weighted by Crippen LogP contribution is 2.43. The number of aliphatic imine (C=N–C) groups is 1. The van der Waals surface area contributed by atoms with E-state index in [2.05, 4.69) is 34.6 Å². The van der Waals surface area contributed by atoms with Crippen molar-refractivity contribution in [3.63, 3.8) is 0 Å². The van der Waals surface area contributed by atoms with Crippen LogP contribution in [0.1, 0.15) is 25.7 Å². The predicted octanol–water partition coefficient (Wildman–Crippen LogP) is 4.31. The quantitative estimate of drug-likeness (QED) is 0.852. The average Bonchev–Trinajstić information content (AvgIpc) is 2.99. The molecule has 1 aromatic heterocycles. The highest BCUT2D eigenvalue weighted by Gasteiger charge is 2.36. The molecular weight excluding hydrogens is 278 g/mol. The summed E-state index contributed by atoms with van der Waals surface area (Å²) in [5.41, 5.74) is 2.57. The van der Waals surface area contributed by atoms with Crippen LogP contribution in [0.4, 0.5) is 5.69 Å². The highest BCUT2D eigenvalue weighted by molar-refractivity contribution is 8.14. The Kier molecular flexibility index (Phi) is 3.34. The van der Waals surface area contributed by atoms with Gasteiger partial charge in [0.15, 0.2) is 5.17 Å². The Hall–Kier alpha value is -1.55. The van der Waals surface area contributed by atoms with Gasteiger partial charge in [-0.05, 0) is 30.4 Å². The van der Waals surface area contributed by atoms with Crippen molar-refractivity contribution < 1.29 is 0 Å². The number of rotatable bonds is 1. The second-order valence-corrected chi connectivity index (χ2v) is 7.09. The van der Waals surface area contributed by atoms with Crippen molar-refractivity contribution in [2.45, 2.75) is 25.7 Å². The van der Waals surface area contributed by atoms with Crippen molar-refractivity contribution in [2.75, 3.05) is 17.6 Å². The van der Waals surface area contributed by atoms with Crippen LogP contribution in [0.5, 0.6) is 0 Å². The number of pyridine rings is 1. The lowest BCUT2D eigenvalue weighted by molar-refractivity contribution is 0.359. The van der Waals surface area contributed by atoms with E-state index in [4.69, 9.17) is 4.99 Å². The fraction of sp³-hybridized carbons (Fsp3) is 0.412. The maximum atomic E-state index is 4.81. The molecule has 4 rings (SSSR count). The maximum Gasteiger partial charge on any atom is 0.161 e. The van der Waals surface area contributed by atoms with Gasteiger partial charge in [-0.1, -0.05) is 42.8 Å². The molecule has 0 amide bonds. The number of anilines is 1. The Morgan fingerprint density at radius 2 is 1.95 bits per heavy atom. The second-order valence-electron chi connectivity index (χ2n) is 6.12. The van der Waals surface area contributed by atoms with Gasteiger partial charge in [0.05, 0.1) is 11.2 Å². The number of para-hydroxylation sites is 1. The molecule has 1 aliphatic carbocycles. The molecule has 21 heavy (non-hydrogen) atoms. The van der Waals surface area contributed by atoms with Crippen LogP contribution in [-0.4, -0.2) is 22.4 Å². The van der Waals surface area contributed by atoms with Gasteiger partial charge >= 0.3 is 0 Å². The van der Waals surface area contributed by atoms with Gasteiger partial charge in [-0.25, -0.2) is 0 Å². The molecule has 2 aliphatic rings. The molecule has 0 atom stereocenters. The monoisotopic (exact) mass is 297 g/mol. The smallest absolute Gasteiger partial charge is 0.161 e. The Morgan fingerprint density at radius 1 is 1.10 bits per heavy atom. The molecule has 108 valence electrons. The van der Waals surface area contributed by atoms with Crippen LogP contribution in [0.3, 0.4) is 0 Å². The molecule has 1 fully saturated rings. The number of thioether (sulfide) groups is 1. The number of nitrogens with zero attached hydrogens (tertiary/aromatic N) is 2. The minimum Gasteiger partial charge on any atom is -0.333 e. The Labute approximate surface area is 129 Å². The molecule has 0 unspecified atom stereocenters. The van der Waals surface area contributed by atoms with Crippen molar-refractivity contribution in [3.05, 3.63) is 36.5 Å². The topological polar surface area (TPSA) is 37.3 Å². The molecule has 0 saturated heterocycles. The third kappa shape index (κ3) is 2.53. The number of nitrogens with one attached hydrogen (secondary N) is 1. The van der Waals surface area contributed by atoms with Crippen LogP contribution in [0.15, 0.2) is 41.5 Å². The van der Waals surface area contributed by atoms with Crippen molar-refractivity contribution in [1.82, 2.24) is 4.98 Å². The number of hydrogen-bond donors (Lipinski definition) is 1. The Morgan fingerprint density at radius 3 is 2.76 bits per heavy atom. The van der Waals surface area contributed by atoms with E-state index in [0.29, 0.717) is 5.41 Å². The molecule has 0 bridgehead atoms. The SMILES string of the molecule is c1cnc2c(NC3=NCC4(CCCC4)CS3)cccc2c1. The molecular formula is C17H19N3S. The first-order chi connectivity index (χ1) is 10.3. The third-order valence-corrected chi connectivity index (χ3v) is 5.87. The van der Waals surface area contributed by atoms with Crippen molar-refractivity contribution in [3.8, 4) is 0 Å². The molecule has 1 N–H and O–H groups in total. The van der Waals surface area contributed by atoms with Crippen LogP contribution in [0.2, 0.25) is 0 Å². The zero-order chi connectivity index (χ0) is 14.1. The number of fused-ring (bicyclic) bond motifs is 1. The van der Waals surface area contributed by atoms with Gasteiger partial charge in [0, 0.05) is 23.9 Å². The summed E-state index contributed by atoms with van der Waals surface area (Å²) in [5, 5.41) is 5.69. The maximum absolute atomic E-state index is 4.81. The molecule has 1 spiro atoms. The summed E-state index contributed by atoms with van der Waals surface area (Å²) in [4.78, 5) is 9.30. The molecule has 1 aromatic carbocycles. The first kappa shape index (κ1) is 13.1. The average molecular weight is 297 g/mol. The third-order valence-electron chi connectivity index (χ3n) is 4.61. The lowest BCUT2D eigenvalue weighted by atomic mass is 9.89. The number of aromatic nitrogens is 1. The normalized spacial score (nSPS) is 20.7. The van der Waals surface area contributed by atoms with Gasteiger partial charge < -0.3 is 5.32 Å². The Balaban J connectivity index is 1.57. The van der Waals surface area contributed by atoms with Gasteiger partial charge in [-0.15, -0.1) is 0 Å². The largest absolute Gasteiger partial charge is 0.333 e. The van der Waals surface area contributed by atoms with Crippen molar-refractivity contribution in [1.29, 1.82) is 0 Å². The molecule has 3 nitrogen and oxygen atoms in total. The van der Waals surface area contributed by atoms with E-state index < -0.39 is 0 Å². The standard InChI is InChI=1S/C17H19N3S/c1-2-9-17(8-1)11-19-16(21-12-17)20-14-7-3-5-13-6-4-10-18-15(13)14/h3-7,10H,1-2,8-9,11-12H2,(H,19,20). The fourth-order valence-electron chi connectivity index (χ4n) is 3.38.